The van der Waals surface area contributed by atoms with E-state index in [0.29, 0.717) is 0 Å². The minimum atomic E-state index is -0.803. The van der Waals surface area contributed by atoms with Crippen LogP contribution in [0, 0.1) is 10.1 Å². The van der Waals surface area contributed by atoms with Gasteiger partial charge in [0.1, 0.15) is 5.75 Å². The van der Waals surface area contributed by atoms with E-state index in [-0.39, 0.29) is 28.3 Å². The molecule has 0 aliphatic carbocycles. The van der Waals surface area contributed by atoms with Gasteiger partial charge in [0.2, 0.25) is 0 Å². The van der Waals surface area contributed by atoms with Gasteiger partial charge in [-0.1, -0.05) is 6.07 Å². The third-order valence-electron chi connectivity index (χ3n) is 3.08. The van der Waals surface area contributed by atoms with Gasteiger partial charge in [-0.15, -0.1) is 0 Å². The first kappa shape index (κ1) is 16.9. The Balaban J connectivity index is 2.26. The molecular weight excluding hydrogens is 318 g/mol. The first-order valence-corrected chi connectivity index (χ1v) is 6.69. The largest absolute Gasteiger partial charge is 0.490 e. The zero-order valence-corrected chi connectivity index (χ0v) is 12.8. The SMILES string of the molecule is COC(=O)c1cccc(OC(=O)c2ccc(OC)c([N+](=O)[O-])c2)c1. The Labute approximate surface area is 136 Å². The molecule has 2 rings (SSSR count). The lowest BCUT2D eigenvalue weighted by molar-refractivity contribution is -0.385. The highest BCUT2D eigenvalue weighted by Crippen LogP contribution is 2.28. The highest BCUT2D eigenvalue weighted by molar-refractivity contribution is 5.93. The van der Waals surface area contributed by atoms with Gasteiger partial charge in [-0.2, -0.15) is 0 Å². The fourth-order valence-electron chi connectivity index (χ4n) is 1.93. The van der Waals surface area contributed by atoms with Crippen LogP contribution in [0.1, 0.15) is 20.7 Å². The summed E-state index contributed by atoms with van der Waals surface area (Å²) in [6.45, 7) is 0. The molecule has 24 heavy (non-hydrogen) atoms. The summed E-state index contributed by atoms with van der Waals surface area (Å²) in [5, 5.41) is 11.0. The van der Waals surface area contributed by atoms with Crippen molar-refractivity contribution >= 4 is 17.6 Å². The van der Waals surface area contributed by atoms with Gasteiger partial charge in [0.25, 0.3) is 0 Å². The van der Waals surface area contributed by atoms with Crippen molar-refractivity contribution in [3.63, 3.8) is 0 Å². The lowest BCUT2D eigenvalue weighted by Gasteiger charge is -2.07. The molecule has 8 heteroatoms. The van der Waals surface area contributed by atoms with Crippen LogP contribution in [-0.2, 0) is 4.74 Å². The van der Waals surface area contributed by atoms with Gasteiger partial charge in [0, 0.05) is 6.07 Å². The average Bonchev–Trinajstić information content (AvgIpc) is 2.60. The van der Waals surface area contributed by atoms with Gasteiger partial charge >= 0.3 is 17.6 Å². The molecule has 0 atom stereocenters. The summed E-state index contributed by atoms with van der Waals surface area (Å²) in [6.07, 6.45) is 0. The molecule has 0 spiro atoms. The highest BCUT2D eigenvalue weighted by atomic mass is 16.6. The van der Waals surface area contributed by atoms with E-state index in [1.165, 1.54) is 50.6 Å². The number of carbonyl (C=O) groups excluding carboxylic acids is 2. The first-order valence-electron chi connectivity index (χ1n) is 6.69. The number of nitrogens with zero attached hydrogens (tertiary/aromatic N) is 1. The third-order valence-corrected chi connectivity index (χ3v) is 3.08. The van der Waals surface area contributed by atoms with Gasteiger partial charge in [0.15, 0.2) is 5.75 Å². The van der Waals surface area contributed by atoms with Crippen LogP contribution < -0.4 is 9.47 Å². The van der Waals surface area contributed by atoms with E-state index < -0.39 is 16.9 Å². The number of benzene rings is 2. The van der Waals surface area contributed by atoms with Crippen LogP contribution in [0.2, 0.25) is 0 Å². The van der Waals surface area contributed by atoms with E-state index in [0.717, 1.165) is 6.07 Å². The van der Waals surface area contributed by atoms with E-state index in [2.05, 4.69) is 4.74 Å². The second-order valence-corrected chi connectivity index (χ2v) is 4.55. The van der Waals surface area contributed by atoms with Crippen LogP contribution in [0.25, 0.3) is 0 Å². The number of esters is 2. The molecule has 0 fully saturated rings. The summed E-state index contributed by atoms with van der Waals surface area (Å²) in [5.74, 6) is -1.23. The molecule has 0 amide bonds. The molecule has 0 bridgehead atoms. The lowest BCUT2D eigenvalue weighted by Crippen LogP contribution is -2.10. The Morgan fingerprint density at radius 2 is 1.71 bits per heavy atom. The van der Waals surface area contributed by atoms with Crippen molar-refractivity contribution in [2.75, 3.05) is 14.2 Å². The Morgan fingerprint density at radius 3 is 2.33 bits per heavy atom. The number of hydrogen-bond donors (Lipinski definition) is 0. The molecule has 0 radical (unpaired) electrons. The predicted molar refractivity (Wildman–Crippen MR) is 82.4 cm³/mol. The quantitative estimate of drug-likeness (QED) is 0.359. The molecular formula is C16H13NO7. The summed E-state index contributed by atoms with van der Waals surface area (Å²) in [6, 6.07) is 9.54. The maximum absolute atomic E-state index is 12.1. The van der Waals surface area contributed by atoms with Crippen molar-refractivity contribution in [3.05, 3.63) is 63.7 Å². The Morgan fingerprint density at radius 1 is 1.00 bits per heavy atom. The second-order valence-electron chi connectivity index (χ2n) is 4.55. The fourth-order valence-corrected chi connectivity index (χ4v) is 1.93. The molecule has 2 aromatic carbocycles. The number of carbonyl (C=O) groups is 2. The number of ether oxygens (including phenoxy) is 3. The van der Waals surface area contributed by atoms with Gasteiger partial charge in [-0.25, -0.2) is 9.59 Å². The fraction of sp³-hybridized carbons (Fsp3) is 0.125. The standard InChI is InChI=1S/C16H13NO7/c1-22-14-7-6-11(9-13(14)17(20)21)16(19)24-12-5-3-4-10(8-12)15(18)23-2/h3-9H,1-2H3. The van der Waals surface area contributed by atoms with Gasteiger partial charge < -0.3 is 14.2 Å². The van der Waals surface area contributed by atoms with Crippen molar-refractivity contribution in [2.45, 2.75) is 0 Å². The molecule has 0 aliphatic rings. The average molecular weight is 331 g/mol. The molecule has 124 valence electrons. The maximum atomic E-state index is 12.1. The van der Waals surface area contributed by atoms with Gasteiger partial charge in [0.05, 0.1) is 30.3 Å². The Hall–Kier alpha value is -3.42. The smallest absolute Gasteiger partial charge is 0.343 e. The summed E-state index contributed by atoms with van der Waals surface area (Å²) >= 11 is 0. The van der Waals surface area contributed by atoms with E-state index in [1.54, 1.807) is 0 Å². The topological polar surface area (TPSA) is 105 Å². The van der Waals surface area contributed by atoms with Crippen LogP contribution in [-0.4, -0.2) is 31.1 Å². The second kappa shape index (κ2) is 7.23. The maximum Gasteiger partial charge on any atom is 0.343 e. The van der Waals surface area contributed by atoms with Crippen molar-refractivity contribution in [3.8, 4) is 11.5 Å². The van der Waals surface area contributed by atoms with E-state index in [9.17, 15) is 19.7 Å². The number of nitro groups is 1. The Kier molecular flexibility index (Phi) is 5.10. The molecule has 2 aromatic rings. The summed E-state index contributed by atoms with van der Waals surface area (Å²) in [4.78, 5) is 33.9. The van der Waals surface area contributed by atoms with Crippen molar-refractivity contribution in [1.82, 2.24) is 0 Å². The first-order chi connectivity index (χ1) is 11.5. The van der Waals surface area contributed by atoms with E-state index in [4.69, 9.17) is 9.47 Å². The van der Waals surface area contributed by atoms with Gasteiger partial charge in [-0.3, -0.25) is 10.1 Å². The number of rotatable bonds is 5. The van der Waals surface area contributed by atoms with Gasteiger partial charge in [-0.05, 0) is 30.3 Å². The predicted octanol–water partition coefficient (Wildman–Crippen LogP) is 2.61. The number of methoxy groups -OCH3 is 2. The van der Waals surface area contributed by atoms with Crippen molar-refractivity contribution in [2.24, 2.45) is 0 Å². The molecule has 0 unspecified atom stereocenters. The molecule has 0 aliphatic heterocycles. The van der Waals surface area contributed by atoms with Crippen LogP contribution in [0.15, 0.2) is 42.5 Å². The van der Waals surface area contributed by atoms with Crippen molar-refractivity contribution in [1.29, 1.82) is 0 Å². The highest BCUT2D eigenvalue weighted by Gasteiger charge is 2.19. The van der Waals surface area contributed by atoms with E-state index in [1.807, 2.05) is 0 Å². The van der Waals surface area contributed by atoms with Crippen molar-refractivity contribution < 1.29 is 28.7 Å². The summed E-state index contributed by atoms with van der Waals surface area (Å²) < 4.78 is 14.6. The summed E-state index contributed by atoms with van der Waals surface area (Å²) in [5.41, 5.74) is -0.162. The zero-order valence-electron chi connectivity index (χ0n) is 12.8. The van der Waals surface area contributed by atoms with E-state index >= 15 is 0 Å². The molecule has 0 saturated heterocycles. The lowest BCUT2D eigenvalue weighted by atomic mass is 10.2. The Bertz CT molecular complexity index is 801. The summed E-state index contributed by atoms with van der Waals surface area (Å²) in [7, 11) is 2.52. The molecule has 8 nitrogen and oxygen atoms in total. The zero-order chi connectivity index (χ0) is 17.7. The monoisotopic (exact) mass is 331 g/mol. The number of hydrogen-bond acceptors (Lipinski definition) is 7. The van der Waals surface area contributed by atoms with Crippen LogP contribution >= 0.6 is 0 Å². The minimum Gasteiger partial charge on any atom is -0.490 e. The number of nitro benzene ring substituents is 1. The van der Waals surface area contributed by atoms with Crippen LogP contribution in [0.4, 0.5) is 5.69 Å². The molecule has 0 heterocycles. The third kappa shape index (κ3) is 3.67. The molecule has 0 N–H and O–H groups in total. The molecule has 0 aromatic heterocycles. The normalized spacial score (nSPS) is 9.92. The minimum absolute atomic E-state index is 0.0222. The van der Waals surface area contributed by atoms with Crippen LogP contribution in [0.5, 0.6) is 11.5 Å². The van der Waals surface area contributed by atoms with Crippen LogP contribution in [0.3, 0.4) is 0 Å². The molecule has 0 saturated carbocycles.